The van der Waals surface area contributed by atoms with Crippen molar-refractivity contribution in [2.45, 2.75) is 254 Å². The van der Waals surface area contributed by atoms with Crippen LogP contribution in [0.15, 0.2) is 24.3 Å². The molecule has 62 heavy (non-hydrogen) atoms. The SMILES string of the molecule is CCCCC/C=C\C/C=C\CCCCCCCCCCCC(=O)NC(COC1OC(CO)C(OC2OC(CO)C(O)C(O)C2O)C(O)C1O)C(O)CCCCCCCCCCC. The average Bonchev–Trinajstić information content (AvgIpc) is 3.27. The first-order chi connectivity index (χ1) is 30.1. The fourth-order valence-corrected chi connectivity index (χ4v) is 8.09. The molecule has 0 bridgehead atoms. The number of hydrogen-bond donors (Lipinski definition) is 9. The number of hydrogen-bond acceptors (Lipinski definition) is 13. The van der Waals surface area contributed by atoms with Gasteiger partial charge >= 0.3 is 0 Å². The Morgan fingerprint density at radius 3 is 1.65 bits per heavy atom. The summed E-state index contributed by atoms with van der Waals surface area (Å²) < 4.78 is 22.7. The molecule has 0 aliphatic carbocycles. The number of carbonyl (C=O) groups excluding carboxylic acids is 1. The zero-order valence-corrected chi connectivity index (χ0v) is 38.4. The Labute approximate surface area is 373 Å². The Balaban J connectivity index is 1.80. The molecule has 0 saturated carbocycles. The lowest BCUT2D eigenvalue weighted by Crippen LogP contribution is -2.65. The van der Waals surface area contributed by atoms with Gasteiger partial charge in [0.1, 0.15) is 48.8 Å². The van der Waals surface area contributed by atoms with Crippen LogP contribution in [-0.2, 0) is 23.7 Å². The fraction of sp³-hybridized carbons (Fsp3) is 0.896. The number of amides is 1. The predicted octanol–water partition coefficient (Wildman–Crippen LogP) is 5.77. The van der Waals surface area contributed by atoms with Crippen molar-refractivity contribution < 1.29 is 64.6 Å². The van der Waals surface area contributed by atoms with E-state index in [9.17, 15) is 45.6 Å². The van der Waals surface area contributed by atoms with E-state index in [2.05, 4.69) is 43.5 Å². The number of aliphatic hydroxyl groups excluding tert-OH is 8. The summed E-state index contributed by atoms with van der Waals surface area (Å²) in [6.07, 6.45) is 20.5. The summed E-state index contributed by atoms with van der Waals surface area (Å²) in [6, 6.07) is -0.826. The van der Waals surface area contributed by atoms with E-state index in [-0.39, 0.29) is 12.5 Å². The number of rotatable bonds is 37. The second kappa shape index (κ2) is 35.7. The quantitative estimate of drug-likeness (QED) is 0.0267. The molecule has 0 aromatic carbocycles. The molecule has 14 heteroatoms. The van der Waals surface area contributed by atoms with Crippen LogP contribution in [-0.4, -0.2) is 140 Å². The maximum absolute atomic E-state index is 13.1. The lowest BCUT2D eigenvalue weighted by Gasteiger charge is -2.46. The third kappa shape index (κ3) is 23.1. The van der Waals surface area contributed by atoms with E-state index in [1.807, 2.05) is 0 Å². The highest BCUT2D eigenvalue weighted by atomic mass is 16.7. The summed E-state index contributed by atoms with van der Waals surface area (Å²) in [5.74, 6) is -0.215. The van der Waals surface area contributed by atoms with Crippen LogP contribution in [0.2, 0.25) is 0 Å². The highest BCUT2D eigenvalue weighted by Crippen LogP contribution is 2.30. The Morgan fingerprint density at radius 1 is 0.581 bits per heavy atom. The van der Waals surface area contributed by atoms with Crippen molar-refractivity contribution in [2.24, 2.45) is 0 Å². The first kappa shape index (κ1) is 56.6. The molecule has 364 valence electrons. The van der Waals surface area contributed by atoms with Crippen LogP contribution < -0.4 is 5.32 Å². The van der Waals surface area contributed by atoms with Gasteiger partial charge in [-0.3, -0.25) is 4.79 Å². The van der Waals surface area contributed by atoms with Gasteiger partial charge in [0.2, 0.25) is 5.91 Å². The van der Waals surface area contributed by atoms with Gasteiger partial charge in [-0.15, -0.1) is 0 Å². The van der Waals surface area contributed by atoms with E-state index in [1.54, 1.807) is 0 Å². The molecular weight excluding hydrogens is 799 g/mol. The van der Waals surface area contributed by atoms with Crippen LogP contribution in [0, 0.1) is 0 Å². The molecule has 2 aliphatic heterocycles. The van der Waals surface area contributed by atoms with Crippen molar-refractivity contribution in [1.29, 1.82) is 0 Å². The van der Waals surface area contributed by atoms with E-state index in [4.69, 9.17) is 18.9 Å². The topological polar surface area (TPSA) is 228 Å². The van der Waals surface area contributed by atoms with Crippen molar-refractivity contribution >= 4 is 5.91 Å². The molecule has 2 rings (SSSR count). The number of ether oxygens (including phenoxy) is 4. The van der Waals surface area contributed by atoms with Crippen LogP contribution in [0.1, 0.15) is 181 Å². The molecule has 0 spiro atoms. The van der Waals surface area contributed by atoms with Crippen LogP contribution >= 0.6 is 0 Å². The summed E-state index contributed by atoms with van der Waals surface area (Å²) in [6.45, 7) is 2.78. The van der Waals surface area contributed by atoms with Gasteiger partial charge in [0, 0.05) is 6.42 Å². The van der Waals surface area contributed by atoms with Gasteiger partial charge in [-0.2, -0.15) is 0 Å². The van der Waals surface area contributed by atoms with E-state index in [0.717, 1.165) is 64.2 Å². The van der Waals surface area contributed by atoms with Crippen LogP contribution in [0.4, 0.5) is 0 Å². The standard InChI is InChI=1S/C48H89NO13/c1-3-5-7-9-11-13-14-15-16-17-18-19-20-21-22-24-26-28-30-32-40(53)49-36(37(52)31-29-27-25-23-12-10-8-6-4-2)35-59-47-45(58)43(56)46(39(34-51)61-47)62-48-44(57)42(55)41(54)38(33-50)60-48/h11,13,15-16,36-39,41-48,50-52,54-58H,3-10,12,14,17-35H2,1-2H3,(H,49,53)/b13-11-,16-15-. The van der Waals surface area contributed by atoms with Gasteiger partial charge in [0.05, 0.1) is 32.0 Å². The van der Waals surface area contributed by atoms with E-state index >= 15 is 0 Å². The van der Waals surface area contributed by atoms with Crippen molar-refractivity contribution in [3.05, 3.63) is 24.3 Å². The normalized spacial score (nSPS) is 27.9. The second-order valence-corrected chi connectivity index (χ2v) is 17.6. The molecule has 0 radical (unpaired) electrons. The minimum Gasteiger partial charge on any atom is -0.394 e. The maximum Gasteiger partial charge on any atom is 0.220 e. The first-order valence-corrected chi connectivity index (χ1v) is 24.6. The summed E-state index contributed by atoms with van der Waals surface area (Å²) >= 11 is 0. The monoisotopic (exact) mass is 888 g/mol. The summed E-state index contributed by atoms with van der Waals surface area (Å²) in [5, 5.41) is 86.6. The zero-order chi connectivity index (χ0) is 45.4. The molecule has 0 aromatic rings. The van der Waals surface area contributed by atoms with Crippen molar-refractivity contribution in [3.63, 3.8) is 0 Å². The van der Waals surface area contributed by atoms with Crippen molar-refractivity contribution in [3.8, 4) is 0 Å². The zero-order valence-electron chi connectivity index (χ0n) is 38.4. The molecule has 0 aromatic heterocycles. The van der Waals surface area contributed by atoms with E-state index in [1.165, 1.54) is 89.9 Å². The van der Waals surface area contributed by atoms with Gasteiger partial charge in [0.15, 0.2) is 12.6 Å². The molecule has 1 amide bonds. The fourth-order valence-electron chi connectivity index (χ4n) is 8.09. The predicted molar refractivity (Wildman–Crippen MR) is 240 cm³/mol. The van der Waals surface area contributed by atoms with Crippen molar-refractivity contribution in [2.75, 3.05) is 19.8 Å². The highest BCUT2D eigenvalue weighted by Gasteiger charge is 2.51. The molecule has 2 fully saturated rings. The summed E-state index contributed by atoms with van der Waals surface area (Å²) in [5.41, 5.74) is 0. The highest BCUT2D eigenvalue weighted by molar-refractivity contribution is 5.76. The molecular formula is C48H89NO13. The Kier molecular flexibility index (Phi) is 32.6. The number of nitrogens with one attached hydrogen (secondary N) is 1. The van der Waals surface area contributed by atoms with Gasteiger partial charge in [-0.25, -0.2) is 0 Å². The maximum atomic E-state index is 13.1. The van der Waals surface area contributed by atoms with Crippen LogP contribution in [0.25, 0.3) is 0 Å². The van der Waals surface area contributed by atoms with Crippen molar-refractivity contribution in [1.82, 2.24) is 5.32 Å². The smallest absolute Gasteiger partial charge is 0.220 e. The number of aliphatic hydroxyl groups is 8. The molecule has 14 nitrogen and oxygen atoms in total. The lowest BCUT2D eigenvalue weighted by molar-refractivity contribution is -0.359. The molecule has 9 N–H and O–H groups in total. The molecule has 12 atom stereocenters. The van der Waals surface area contributed by atoms with Gasteiger partial charge < -0.3 is 65.1 Å². The lowest BCUT2D eigenvalue weighted by atomic mass is 9.97. The minimum atomic E-state index is -1.78. The third-order valence-corrected chi connectivity index (χ3v) is 12.2. The summed E-state index contributed by atoms with van der Waals surface area (Å²) in [7, 11) is 0. The van der Waals surface area contributed by atoms with Gasteiger partial charge in [-0.1, -0.05) is 154 Å². The van der Waals surface area contributed by atoms with Crippen LogP contribution in [0.5, 0.6) is 0 Å². The number of allylic oxidation sites excluding steroid dienone is 4. The van der Waals surface area contributed by atoms with Gasteiger partial charge in [0.25, 0.3) is 0 Å². The average molecular weight is 888 g/mol. The minimum absolute atomic E-state index is 0.215. The molecule has 2 heterocycles. The molecule has 12 unspecified atom stereocenters. The largest absolute Gasteiger partial charge is 0.394 e. The molecule has 2 aliphatic rings. The molecule has 2 saturated heterocycles. The number of carbonyl (C=O) groups is 1. The Hall–Kier alpha value is -1.53. The summed E-state index contributed by atoms with van der Waals surface area (Å²) in [4.78, 5) is 13.1. The second-order valence-electron chi connectivity index (χ2n) is 17.6. The number of unbranched alkanes of at least 4 members (excludes halogenated alkanes) is 20. The Bertz CT molecular complexity index is 1140. The van der Waals surface area contributed by atoms with E-state index in [0.29, 0.717) is 12.8 Å². The van der Waals surface area contributed by atoms with E-state index < -0.39 is 86.8 Å². The van der Waals surface area contributed by atoms with Gasteiger partial charge in [-0.05, 0) is 44.9 Å². The third-order valence-electron chi connectivity index (χ3n) is 12.2. The Morgan fingerprint density at radius 2 is 1.06 bits per heavy atom. The first-order valence-electron chi connectivity index (χ1n) is 24.6. The van der Waals surface area contributed by atoms with Crippen LogP contribution in [0.3, 0.4) is 0 Å².